The molecule has 0 saturated carbocycles. The summed E-state index contributed by atoms with van der Waals surface area (Å²) in [4.78, 5) is 25.3. The van der Waals surface area contributed by atoms with Crippen molar-refractivity contribution in [1.29, 1.82) is 0 Å². The van der Waals surface area contributed by atoms with Crippen LogP contribution in [0.5, 0.6) is 0 Å². The topological polar surface area (TPSA) is 96.0 Å². The van der Waals surface area contributed by atoms with Crippen LogP contribution in [0.1, 0.15) is 20.7 Å². The zero-order valence-electron chi connectivity index (χ0n) is 21.2. The summed E-state index contributed by atoms with van der Waals surface area (Å²) in [6.45, 7) is -0.881. The fourth-order valence-electron chi connectivity index (χ4n) is 4.38. The van der Waals surface area contributed by atoms with Crippen LogP contribution in [0.4, 0.5) is 0 Å². The largest absolute Gasteiger partial charge is 0.456 e. The number of benzene rings is 4. The number of furan rings is 2. The fourth-order valence-corrected chi connectivity index (χ4v) is 4.96. The van der Waals surface area contributed by atoms with Gasteiger partial charge in [0.25, 0.3) is 0 Å². The van der Waals surface area contributed by atoms with Crippen molar-refractivity contribution >= 4 is 41.8 Å². The highest BCUT2D eigenvalue weighted by molar-refractivity contribution is 7.33. The quantitative estimate of drug-likeness (QED) is 0.126. The minimum absolute atomic E-state index is 0.364. The molecule has 6 aromatic rings. The van der Waals surface area contributed by atoms with E-state index in [2.05, 4.69) is 0 Å². The lowest BCUT2D eigenvalue weighted by atomic mass is 10.1. The highest BCUT2D eigenvalue weighted by Gasteiger charge is 2.15. The van der Waals surface area contributed by atoms with Crippen LogP contribution >= 0.6 is 8.25 Å². The van der Waals surface area contributed by atoms with Crippen molar-refractivity contribution in [3.63, 3.8) is 0 Å². The molecule has 7 nitrogen and oxygen atoms in total. The van der Waals surface area contributed by atoms with Crippen molar-refractivity contribution < 1.29 is 32.0 Å². The minimum atomic E-state index is -3.07. The van der Waals surface area contributed by atoms with Crippen LogP contribution in [0.15, 0.2) is 118 Å². The predicted octanol–water partition coefficient (Wildman–Crippen LogP) is 8.00. The molecule has 0 N–H and O–H groups in total. The smallest absolute Gasteiger partial charge is 0.320 e. The molecular formula is C32H23O7P. The molecule has 8 heteroatoms. The molecule has 0 atom stereocenters. The first-order valence-corrected chi connectivity index (χ1v) is 13.8. The van der Waals surface area contributed by atoms with Crippen molar-refractivity contribution in [2.45, 2.75) is 0 Å². The summed E-state index contributed by atoms with van der Waals surface area (Å²) in [6, 6.07) is 33.1. The van der Waals surface area contributed by atoms with E-state index in [0.29, 0.717) is 33.8 Å². The third-order valence-electron chi connectivity index (χ3n) is 6.44. The van der Waals surface area contributed by atoms with E-state index in [1.54, 1.807) is 36.4 Å². The molecule has 2 aromatic heterocycles. The van der Waals surface area contributed by atoms with Gasteiger partial charge in [-0.2, -0.15) is 0 Å². The second-order valence-electron chi connectivity index (χ2n) is 9.13. The van der Waals surface area contributed by atoms with Crippen LogP contribution in [0.25, 0.3) is 44.6 Å². The molecule has 4 aromatic carbocycles. The molecule has 0 aliphatic rings. The highest BCUT2D eigenvalue weighted by atomic mass is 31.1. The Kier molecular flexibility index (Phi) is 7.25. The molecule has 40 heavy (non-hydrogen) atoms. The Hall–Kier alpha value is -4.55. The summed E-state index contributed by atoms with van der Waals surface area (Å²) < 4.78 is 34.3. The zero-order chi connectivity index (χ0) is 27.5. The maximum absolute atomic E-state index is 12.6. The van der Waals surface area contributed by atoms with Gasteiger partial charge in [0.1, 0.15) is 35.9 Å². The number of rotatable bonds is 10. The molecule has 0 aliphatic heterocycles. The first-order chi connectivity index (χ1) is 19.5. The van der Waals surface area contributed by atoms with E-state index in [9.17, 15) is 14.2 Å². The predicted molar refractivity (Wildman–Crippen MR) is 153 cm³/mol. The van der Waals surface area contributed by atoms with Crippen molar-refractivity contribution in [3.05, 3.63) is 120 Å². The molecule has 0 saturated heterocycles. The lowest BCUT2D eigenvalue weighted by molar-refractivity contribution is 0.0877. The van der Waals surface area contributed by atoms with Crippen molar-refractivity contribution in [2.24, 2.45) is 0 Å². The lowest BCUT2D eigenvalue weighted by Gasteiger charge is -2.05. The average molecular weight is 551 g/mol. The third-order valence-corrected chi connectivity index (χ3v) is 7.20. The van der Waals surface area contributed by atoms with Gasteiger partial charge in [-0.05, 0) is 48.5 Å². The van der Waals surface area contributed by atoms with Crippen LogP contribution in [-0.2, 0) is 13.6 Å². The Balaban J connectivity index is 1.04. The Morgan fingerprint density at radius 1 is 0.575 bits per heavy atom. The summed E-state index contributed by atoms with van der Waals surface area (Å²) >= 11 is 0. The van der Waals surface area contributed by atoms with Gasteiger partial charge in [0.2, 0.25) is 0 Å². The number of hydrogen-bond acceptors (Lipinski definition) is 7. The maximum atomic E-state index is 12.6. The van der Waals surface area contributed by atoms with Crippen LogP contribution in [0, 0.1) is 0 Å². The monoisotopic (exact) mass is 550 g/mol. The molecule has 2 heterocycles. The second-order valence-corrected chi connectivity index (χ2v) is 10.2. The molecular weight excluding hydrogens is 527 g/mol. The van der Waals surface area contributed by atoms with Gasteiger partial charge in [0, 0.05) is 33.0 Å². The van der Waals surface area contributed by atoms with Crippen LogP contribution < -0.4 is 0 Å². The molecule has 0 radical (unpaired) electrons. The van der Waals surface area contributed by atoms with E-state index >= 15 is 0 Å². The van der Waals surface area contributed by atoms with Crippen molar-refractivity contribution in [2.75, 3.05) is 13.2 Å². The van der Waals surface area contributed by atoms with E-state index in [0.717, 1.165) is 21.9 Å². The Labute approximate surface area is 229 Å². The second kappa shape index (κ2) is 11.3. The summed E-state index contributed by atoms with van der Waals surface area (Å²) in [7, 11) is -3.07. The van der Waals surface area contributed by atoms with E-state index in [1.807, 2.05) is 72.8 Å². The number of Topliss-reactive ketones (excluding diaryl/α,β-unsaturated/α-hetero) is 2. The van der Waals surface area contributed by atoms with Gasteiger partial charge in [-0.25, -0.2) is 0 Å². The van der Waals surface area contributed by atoms with Gasteiger partial charge in [-0.3, -0.25) is 14.2 Å². The molecule has 0 bridgehead atoms. The summed E-state index contributed by atoms with van der Waals surface area (Å²) in [5, 5.41) is 1.54. The normalized spacial score (nSPS) is 11.4. The van der Waals surface area contributed by atoms with Gasteiger partial charge >= 0.3 is 8.25 Å². The van der Waals surface area contributed by atoms with E-state index in [4.69, 9.17) is 17.9 Å². The zero-order valence-corrected chi connectivity index (χ0v) is 22.2. The van der Waals surface area contributed by atoms with Gasteiger partial charge in [-0.15, -0.1) is 0 Å². The number of ketones is 2. The number of fused-ring (bicyclic) bond motifs is 2. The Bertz CT molecular complexity index is 1720. The van der Waals surface area contributed by atoms with Gasteiger partial charge in [0.15, 0.2) is 11.6 Å². The standard InChI is InChI=1S/C32H23O7P/c33-27(23-11-13-29-25(15-23)17-31(38-29)21-7-3-1-4-8-21)19-36-40(35)37-20-28(34)24-12-14-30-26(16-24)18-32(39-30)22-9-5-2-6-10-22/h1-18,40H,19-20H2. The number of carbonyl (C=O) groups is 2. The van der Waals surface area contributed by atoms with Gasteiger partial charge < -0.3 is 17.9 Å². The Morgan fingerprint density at radius 2 is 1.00 bits per heavy atom. The molecule has 0 spiro atoms. The van der Waals surface area contributed by atoms with E-state index in [-0.39, 0.29) is 11.6 Å². The van der Waals surface area contributed by atoms with Gasteiger partial charge in [0.05, 0.1) is 0 Å². The fraction of sp³-hybridized carbons (Fsp3) is 0.0625. The van der Waals surface area contributed by atoms with Crippen LogP contribution in [-0.4, -0.2) is 24.8 Å². The highest BCUT2D eigenvalue weighted by Crippen LogP contribution is 2.31. The van der Waals surface area contributed by atoms with Crippen molar-refractivity contribution in [1.82, 2.24) is 0 Å². The molecule has 198 valence electrons. The van der Waals surface area contributed by atoms with E-state index < -0.39 is 21.5 Å². The molecule has 0 fully saturated rings. The molecule has 0 aliphatic carbocycles. The van der Waals surface area contributed by atoms with Gasteiger partial charge in [-0.1, -0.05) is 60.7 Å². The summed E-state index contributed by atoms with van der Waals surface area (Å²) in [5.74, 6) is 0.667. The molecule has 6 rings (SSSR count). The van der Waals surface area contributed by atoms with Crippen molar-refractivity contribution in [3.8, 4) is 22.6 Å². The van der Waals surface area contributed by atoms with Crippen LogP contribution in [0.2, 0.25) is 0 Å². The third kappa shape index (κ3) is 5.58. The first-order valence-electron chi connectivity index (χ1n) is 12.6. The number of carbonyl (C=O) groups excluding carboxylic acids is 2. The SMILES string of the molecule is O=C(CO[PH](=O)OCC(=O)c1ccc2oc(-c3ccccc3)cc2c1)c1ccc2oc(-c3ccccc3)cc2c1. The van der Waals surface area contributed by atoms with E-state index in [1.165, 1.54) is 0 Å². The van der Waals surface area contributed by atoms with Crippen LogP contribution in [0.3, 0.4) is 0 Å². The summed E-state index contributed by atoms with van der Waals surface area (Å²) in [5.41, 5.74) is 3.95. The number of hydrogen-bond donors (Lipinski definition) is 0. The first kappa shape index (κ1) is 25.7. The summed E-state index contributed by atoms with van der Waals surface area (Å²) in [6.07, 6.45) is 0. The minimum Gasteiger partial charge on any atom is -0.456 e. The maximum Gasteiger partial charge on any atom is 0.320 e. The lowest BCUT2D eigenvalue weighted by Crippen LogP contribution is -2.09. The molecule has 0 unspecified atom stereocenters. The average Bonchev–Trinajstić information content (AvgIpc) is 3.63. The Morgan fingerprint density at radius 3 is 1.43 bits per heavy atom. The molecule has 0 amide bonds.